The molecule has 0 saturated carbocycles. The Morgan fingerprint density at radius 3 is 1.94 bits per heavy atom. The third-order valence-electron chi connectivity index (χ3n) is 4.07. The summed E-state index contributed by atoms with van der Waals surface area (Å²) in [6, 6.07) is 18.7. The lowest BCUT2D eigenvalue weighted by atomic mass is 10.1. The van der Waals surface area contributed by atoms with E-state index < -0.39 is 0 Å². The molecule has 0 atom stereocenters. The first-order valence-electron chi connectivity index (χ1n) is 11.0. The maximum absolute atomic E-state index is 9.06. The van der Waals surface area contributed by atoms with Crippen molar-refractivity contribution in [1.29, 1.82) is 0 Å². The van der Waals surface area contributed by atoms with Crippen molar-refractivity contribution < 1.29 is 14.3 Å². The van der Waals surface area contributed by atoms with Crippen LogP contribution >= 0.6 is 0 Å². The van der Waals surface area contributed by atoms with Crippen molar-refractivity contribution in [2.45, 2.75) is 40.5 Å². The quantitative estimate of drug-likeness (QED) is 0.369. The number of aromatic nitrogens is 2. The van der Waals surface area contributed by atoms with Crippen LogP contribution < -0.4 is 10.1 Å². The van der Waals surface area contributed by atoms with Gasteiger partial charge in [-0.3, -0.25) is 4.79 Å². The van der Waals surface area contributed by atoms with Crippen LogP contribution in [-0.2, 0) is 16.0 Å². The van der Waals surface area contributed by atoms with Gasteiger partial charge in [0.05, 0.1) is 37.6 Å². The number of carbonyl (C=O) groups excluding carboxylic acids is 1. The Hall–Kier alpha value is -3.54. The van der Waals surface area contributed by atoms with E-state index in [1.54, 1.807) is 21.3 Å². The summed E-state index contributed by atoms with van der Waals surface area (Å²) in [7, 11) is 4.80. The predicted molar refractivity (Wildman–Crippen MR) is 138 cm³/mol. The van der Waals surface area contributed by atoms with E-state index in [4.69, 9.17) is 14.6 Å². The van der Waals surface area contributed by atoms with Crippen molar-refractivity contribution >= 4 is 6.41 Å². The number of aryl methyl sites for hydroxylation is 2. The fraction of sp³-hybridized carbons (Fsp3) is 0.333. The number of hydrogen-bond donors (Lipinski definition) is 1. The number of nitrogens with one attached hydrogen (secondary N) is 1. The van der Waals surface area contributed by atoms with Crippen molar-refractivity contribution in [3.63, 3.8) is 0 Å². The number of rotatable bonds is 6. The van der Waals surface area contributed by atoms with E-state index in [1.807, 2.05) is 28.9 Å². The molecular weight excluding hydrogens is 414 g/mol. The highest BCUT2D eigenvalue weighted by atomic mass is 16.5. The largest absolute Gasteiger partial charge is 0.505 e. The van der Waals surface area contributed by atoms with Crippen molar-refractivity contribution in [1.82, 2.24) is 15.1 Å². The summed E-state index contributed by atoms with van der Waals surface area (Å²) in [6.45, 7) is 11.7. The molecule has 0 unspecified atom stereocenters. The molecule has 1 aromatic heterocycles. The maximum atomic E-state index is 9.06. The first-order chi connectivity index (χ1) is 15.9. The molecule has 0 aliphatic carbocycles. The van der Waals surface area contributed by atoms with Gasteiger partial charge in [0.2, 0.25) is 6.41 Å². The molecule has 6 nitrogen and oxygen atoms in total. The van der Waals surface area contributed by atoms with Gasteiger partial charge in [0.15, 0.2) is 0 Å². The second kappa shape index (κ2) is 18.1. The van der Waals surface area contributed by atoms with Gasteiger partial charge in [-0.15, -0.1) is 0 Å². The van der Waals surface area contributed by atoms with Crippen LogP contribution in [0.1, 0.15) is 38.4 Å². The van der Waals surface area contributed by atoms with Gasteiger partial charge in [-0.1, -0.05) is 63.6 Å². The molecule has 2 aromatic carbocycles. The average molecular weight is 454 g/mol. The van der Waals surface area contributed by atoms with Gasteiger partial charge in [-0.2, -0.15) is 5.10 Å². The molecule has 3 aromatic rings. The number of hydrogen-bond acceptors (Lipinski definition) is 4. The summed E-state index contributed by atoms with van der Waals surface area (Å²) in [5, 5.41) is 6.98. The number of benzene rings is 2. The van der Waals surface area contributed by atoms with Crippen LogP contribution in [-0.4, -0.2) is 37.5 Å². The Morgan fingerprint density at radius 2 is 1.55 bits per heavy atom. The summed E-state index contributed by atoms with van der Waals surface area (Å²) >= 11 is 0. The molecule has 0 aliphatic rings. The highest BCUT2D eigenvalue weighted by molar-refractivity contribution is 5.63. The van der Waals surface area contributed by atoms with Crippen LogP contribution in [0.3, 0.4) is 0 Å². The fourth-order valence-electron chi connectivity index (χ4n) is 2.45. The van der Waals surface area contributed by atoms with Crippen molar-refractivity contribution in [3.05, 3.63) is 78.7 Å². The van der Waals surface area contributed by atoms with E-state index in [0.717, 1.165) is 29.2 Å². The van der Waals surface area contributed by atoms with Crippen molar-refractivity contribution in [2.24, 2.45) is 0 Å². The van der Waals surface area contributed by atoms with Crippen LogP contribution in [0.25, 0.3) is 16.9 Å². The van der Waals surface area contributed by atoms with E-state index >= 15 is 0 Å². The van der Waals surface area contributed by atoms with Gasteiger partial charge < -0.3 is 14.8 Å². The zero-order valence-electron chi connectivity index (χ0n) is 21.1. The van der Waals surface area contributed by atoms with Gasteiger partial charge >= 0.3 is 0 Å². The molecule has 0 fully saturated rings. The van der Waals surface area contributed by atoms with E-state index in [9.17, 15) is 0 Å². The van der Waals surface area contributed by atoms with Gasteiger partial charge in [-0.25, -0.2) is 4.68 Å². The van der Waals surface area contributed by atoms with Crippen LogP contribution in [0, 0.1) is 6.92 Å². The SMILES string of the molecule is C=COC.CCC.CCc1cc(-c2ccc(C)cc2)n(-c2ccc(OC)cc2)n1.CNC=O. The lowest BCUT2D eigenvalue weighted by molar-refractivity contribution is -0.109. The summed E-state index contributed by atoms with van der Waals surface area (Å²) in [6.07, 6.45) is 4.17. The monoisotopic (exact) mass is 453 g/mol. The van der Waals surface area contributed by atoms with Crippen molar-refractivity contribution in [3.8, 4) is 22.7 Å². The summed E-state index contributed by atoms with van der Waals surface area (Å²) in [5.41, 5.74) is 5.67. The fourth-order valence-corrected chi connectivity index (χ4v) is 2.45. The Balaban J connectivity index is 0.000000786. The molecule has 0 radical (unpaired) electrons. The molecule has 0 spiro atoms. The minimum atomic E-state index is 0.625. The minimum Gasteiger partial charge on any atom is -0.505 e. The van der Waals surface area contributed by atoms with E-state index in [2.05, 4.69) is 74.7 Å². The topological polar surface area (TPSA) is 65.4 Å². The smallest absolute Gasteiger partial charge is 0.206 e. The molecule has 1 amide bonds. The number of carbonyl (C=O) groups is 1. The zero-order valence-corrected chi connectivity index (χ0v) is 21.1. The lowest BCUT2D eigenvalue weighted by Gasteiger charge is -2.09. The molecule has 0 bridgehead atoms. The van der Waals surface area contributed by atoms with Gasteiger partial charge in [0.1, 0.15) is 5.75 Å². The lowest BCUT2D eigenvalue weighted by Crippen LogP contribution is -1.99. The van der Waals surface area contributed by atoms with Gasteiger partial charge in [-0.05, 0) is 43.7 Å². The Morgan fingerprint density at radius 1 is 1.03 bits per heavy atom. The second-order valence-corrected chi connectivity index (χ2v) is 6.87. The molecule has 1 N–H and O–H groups in total. The highest BCUT2D eigenvalue weighted by Crippen LogP contribution is 2.25. The Bertz CT molecular complexity index is 893. The van der Waals surface area contributed by atoms with E-state index in [0.29, 0.717) is 6.41 Å². The van der Waals surface area contributed by atoms with Crippen LogP contribution in [0.2, 0.25) is 0 Å². The van der Waals surface area contributed by atoms with Crippen LogP contribution in [0.5, 0.6) is 5.75 Å². The third kappa shape index (κ3) is 11.1. The molecule has 0 saturated heterocycles. The first-order valence-corrected chi connectivity index (χ1v) is 11.0. The summed E-state index contributed by atoms with van der Waals surface area (Å²) in [5.74, 6) is 0.850. The van der Waals surface area contributed by atoms with Gasteiger partial charge in [0.25, 0.3) is 0 Å². The number of nitrogens with zero attached hydrogens (tertiary/aromatic N) is 2. The molecule has 1 heterocycles. The average Bonchev–Trinajstić information content (AvgIpc) is 3.30. The van der Waals surface area contributed by atoms with Gasteiger partial charge in [0, 0.05) is 12.6 Å². The minimum absolute atomic E-state index is 0.625. The van der Waals surface area contributed by atoms with Crippen molar-refractivity contribution in [2.75, 3.05) is 21.3 Å². The molecule has 180 valence electrons. The summed E-state index contributed by atoms with van der Waals surface area (Å²) in [4.78, 5) is 9.06. The highest BCUT2D eigenvalue weighted by Gasteiger charge is 2.11. The van der Waals surface area contributed by atoms with Crippen LogP contribution in [0.15, 0.2) is 67.4 Å². The summed E-state index contributed by atoms with van der Waals surface area (Å²) < 4.78 is 11.5. The van der Waals surface area contributed by atoms with Crippen LogP contribution in [0.4, 0.5) is 0 Å². The Labute approximate surface area is 199 Å². The zero-order chi connectivity index (χ0) is 25.1. The number of methoxy groups -OCH3 is 2. The maximum Gasteiger partial charge on any atom is 0.206 e. The number of ether oxygens (including phenoxy) is 2. The molecule has 3 rings (SSSR count). The third-order valence-corrected chi connectivity index (χ3v) is 4.07. The number of amides is 1. The normalized spacial score (nSPS) is 8.94. The molecule has 33 heavy (non-hydrogen) atoms. The predicted octanol–water partition coefficient (Wildman–Crippen LogP) is 5.97. The van der Waals surface area contributed by atoms with E-state index in [-0.39, 0.29) is 0 Å². The molecule has 6 heteroatoms. The molecule has 0 aliphatic heterocycles. The second-order valence-electron chi connectivity index (χ2n) is 6.87. The molecular formula is C27H39N3O3. The van der Waals surface area contributed by atoms with E-state index in [1.165, 1.54) is 23.8 Å². The standard InChI is InChI=1S/C19H20N2O.C3H6O.C3H8.C2H5NO/c1-4-16-13-19(15-7-5-14(2)6-8-15)21(20-16)17-9-11-18(22-3)12-10-17;1-3-4-2;1-3-2;1-3-2-4/h5-13H,4H2,1-3H3;3H,1H2,2H3;3H2,1-2H3;2H,1H3,(H,3,4). The Kier molecular flexibility index (Phi) is 16.1. The first kappa shape index (κ1) is 29.5.